The van der Waals surface area contributed by atoms with E-state index in [0.717, 1.165) is 24.2 Å². The lowest BCUT2D eigenvalue weighted by Crippen LogP contribution is -2.24. The smallest absolute Gasteiger partial charge is 0.135 e. The number of hydrogen-bond acceptors (Lipinski definition) is 1. The monoisotopic (exact) mass is 194 g/mol. The topological polar surface area (TPSA) is 17.1 Å². The van der Waals surface area contributed by atoms with Crippen LogP contribution in [0.5, 0.6) is 0 Å². The lowest BCUT2D eigenvalue weighted by atomic mass is 9.73. The van der Waals surface area contributed by atoms with Crippen LogP contribution < -0.4 is 0 Å². The number of rotatable bonds is 1. The lowest BCUT2D eigenvalue weighted by Gasteiger charge is -2.32. The van der Waals surface area contributed by atoms with E-state index in [1.165, 1.54) is 32.1 Å². The van der Waals surface area contributed by atoms with Gasteiger partial charge in [-0.1, -0.05) is 26.7 Å². The van der Waals surface area contributed by atoms with Crippen molar-refractivity contribution in [2.24, 2.45) is 23.7 Å². The zero-order valence-electron chi connectivity index (χ0n) is 9.46. The fourth-order valence-corrected chi connectivity index (χ4v) is 3.38. The molecule has 0 aromatic carbocycles. The van der Waals surface area contributed by atoms with Gasteiger partial charge in [-0.15, -0.1) is 0 Å². The van der Waals surface area contributed by atoms with Crippen molar-refractivity contribution in [3.8, 4) is 0 Å². The van der Waals surface area contributed by atoms with E-state index in [1.54, 1.807) is 0 Å². The van der Waals surface area contributed by atoms with Gasteiger partial charge in [0.05, 0.1) is 0 Å². The van der Waals surface area contributed by atoms with Crippen LogP contribution in [0.25, 0.3) is 0 Å². The fourth-order valence-electron chi connectivity index (χ4n) is 3.38. The third kappa shape index (κ3) is 1.87. The van der Waals surface area contributed by atoms with Crippen molar-refractivity contribution in [2.45, 2.75) is 52.4 Å². The number of Topliss-reactive ketones (excluding diaryl/α,β-unsaturated/α-hetero) is 1. The average Bonchev–Trinajstić information content (AvgIpc) is 2.50. The van der Waals surface area contributed by atoms with Gasteiger partial charge in [-0.2, -0.15) is 0 Å². The van der Waals surface area contributed by atoms with Gasteiger partial charge in [-0.3, -0.25) is 4.79 Å². The van der Waals surface area contributed by atoms with Crippen molar-refractivity contribution in [1.82, 2.24) is 0 Å². The largest absolute Gasteiger partial charge is 0.299 e. The van der Waals surface area contributed by atoms with Crippen molar-refractivity contribution in [2.75, 3.05) is 0 Å². The molecule has 80 valence electrons. The van der Waals surface area contributed by atoms with Crippen LogP contribution >= 0.6 is 0 Å². The Hall–Kier alpha value is -0.330. The number of carbonyl (C=O) groups is 1. The summed E-state index contributed by atoms with van der Waals surface area (Å²) in [5.74, 6) is 3.42. The van der Waals surface area contributed by atoms with Crippen LogP contribution in [0.1, 0.15) is 52.4 Å². The van der Waals surface area contributed by atoms with E-state index in [0.29, 0.717) is 11.7 Å². The van der Waals surface area contributed by atoms with Crippen LogP contribution in [0.2, 0.25) is 0 Å². The highest BCUT2D eigenvalue weighted by molar-refractivity contribution is 5.83. The molecule has 0 aromatic heterocycles. The van der Waals surface area contributed by atoms with Crippen LogP contribution in [-0.2, 0) is 4.79 Å². The van der Waals surface area contributed by atoms with Gasteiger partial charge in [0, 0.05) is 12.3 Å². The van der Waals surface area contributed by atoms with Crippen LogP contribution in [0.4, 0.5) is 0 Å². The molecule has 0 N–H and O–H groups in total. The molecule has 2 rings (SSSR count). The maximum Gasteiger partial charge on any atom is 0.135 e. The Labute approximate surface area is 87.3 Å². The third-order valence-corrected chi connectivity index (χ3v) is 4.54. The zero-order chi connectivity index (χ0) is 10.1. The van der Waals surface area contributed by atoms with E-state index in [2.05, 4.69) is 13.8 Å². The summed E-state index contributed by atoms with van der Waals surface area (Å²) in [6.45, 7) is 4.51. The second kappa shape index (κ2) is 4.04. The molecular formula is C13H22O. The first-order chi connectivity index (χ1) is 6.68. The van der Waals surface area contributed by atoms with Gasteiger partial charge in [-0.05, 0) is 37.0 Å². The number of hydrogen-bond donors (Lipinski definition) is 0. The third-order valence-electron chi connectivity index (χ3n) is 4.54. The molecule has 0 saturated heterocycles. The predicted molar refractivity (Wildman–Crippen MR) is 58.0 cm³/mol. The van der Waals surface area contributed by atoms with Crippen molar-refractivity contribution in [3.05, 3.63) is 0 Å². The Bertz CT molecular complexity index is 213. The Morgan fingerprint density at radius 1 is 1.00 bits per heavy atom. The highest BCUT2D eigenvalue weighted by Crippen LogP contribution is 2.42. The summed E-state index contributed by atoms with van der Waals surface area (Å²) in [7, 11) is 0. The summed E-state index contributed by atoms with van der Waals surface area (Å²) in [4.78, 5) is 11.5. The van der Waals surface area contributed by atoms with Crippen molar-refractivity contribution in [3.63, 3.8) is 0 Å². The van der Waals surface area contributed by atoms with Gasteiger partial charge in [-0.25, -0.2) is 0 Å². The van der Waals surface area contributed by atoms with Gasteiger partial charge in [0.2, 0.25) is 0 Å². The van der Waals surface area contributed by atoms with Gasteiger partial charge < -0.3 is 0 Å². The second-order valence-electron chi connectivity index (χ2n) is 5.48. The molecule has 0 aromatic rings. The Morgan fingerprint density at radius 2 is 1.64 bits per heavy atom. The normalized spacial score (nSPS) is 44.3. The van der Waals surface area contributed by atoms with Crippen LogP contribution in [-0.4, -0.2) is 5.78 Å². The molecule has 2 aliphatic carbocycles. The minimum Gasteiger partial charge on any atom is -0.299 e. The molecule has 0 amide bonds. The molecule has 14 heavy (non-hydrogen) atoms. The molecule has 2 fully saturated rings. The second-order valence-corrected chi connectivity index (χ2v) is 5.48. The van der Waals surface area contributed by atoms with Crippen LogP contribution in [0, 0.1) is 23.7 Å². The molecular weight excluding hydrogens is 172 g/mol. The van der Waals surface area contributed by atoms with Gasteiger partial charge in [0.1, 0.15) is 5.78 Å². The van der Waals surface area contributed by atoms with Crippen LogP contribution in [0.15, 0.2) is 0 Å². The fraction of sp³-hybridized carbons (Fsp3) is 0.923. The van der Waals surface area contributed by atoms with Crippen molar-refractivity contribution >= 4 is 5.78 Å². The first-order valence-electron chi connectivity index (χ1n) is 6.21. The van der Waals surface area contributed by atoms with E-state index >= 15 is 0 Å². The molecule has 2 atom stereocenters. The molecule has 1 nitrogen and oxygen atoms in total. The lowest BCUT2D eigenvalue weighted by molar-refractivity contribution is -0.121. The molecule has 0 aliphatic heterocycles. The molecule has 0 radical (unpaired) electrons. The Kier molecular flexibility index (Phi) is 2.94. The highest BCUT2D eigenvalue weighted by Gasteiger charge is 2.37. The van der Waals surface area contributed by atoms with E-state index in [1.807, 2.05) is 0 Å². The Balaban J connectivity index is 1.92. The average molecular weight is 194 g/mol. The quantitative estimate of drug-likeness (QED) is 0.625. The summed E-state index contributed by atoms with van der Waals surface area (Å²) in [6, 6.07) is 0. The number of ketones is 1. The van der Waals surface area contributed by atoms with Crippen molar-refractivity contribution in [1.29, 1.82) is 0 Å². The first kappa shape index (κ1) is 10.2. The molecule has 1 heteroatoms. The Morgan fingerprint density at radius 3 is 2.14 bits per heavy atom. The van der Waals surface area contributed by atoms with E-state index in [-0.39, 0.29) is 0 Å². The van der Waals surface area contributed by atoms with E-state index in [4.69, 9.17) is 0 Å². The minimum atomic E-state index is 0.369. The van der Waals surface area contributed by atoms with Gasteiger partial charge >= 0.3 is 0 Å². The van der Waals surface area contributed by atoms with E-state index < -0.39 is 0 Å². The van der Waals surface area contributed by atoms with Gasteiger partial charge in [0.15, 0.2) is 0 Å². The molecule has 0 spiro atoms. The number of carbonyl (C=O) groups excluding carboxylic acids is 1. The zero-order valence-corrected chi connectivity index (χ0v) is 9.46. The van der Waals surface area contributed by atoms with E-state index in [9.17, 15) is 4.79 Å². The molecule has 2 saturated carbocycles. The predicted octanol–water partition coefficient (Wildman–Crippen LogP) is 3.43. The summed E-state index contributed by atoms with van der Waals surface area (Å²) in [5.41, 5.74) is 0. The summed E-state index contributed by atoms with van der Waals surface area (Å²) >= 11 is 0. The molecule has 0 bridgehead atoms. The van der Waals surface area contributed by atoms with Crippen molar-refractivity contribution < 1.29 is 4.79 Å². The summed E-state index contributed by atoms with van der Waals surface area (Å²) in [5, 5.41) is 0. The van der Waals surface area contributed by atoms with Gasteiger partial charge in [0.25, 0.3) is 0 Å². The summed E-state index contributed by atoms with van der Waals surface area (Å²) in [6.07, 6.45) is 7.58. The SMILES string of the molecule is CC1CCC(C2CCC(=O)C2C)CC1. The first-order valence-corrected chi connectivity index (χ1v) is 6.21. The molecule has 2 aliphatic rings. The standard InChI is InChI=1S/C13H22O/c1-9-3-5-11(6-4-9)12-7-8-13(14)10(12)2/h9-12H,3-8H2,1-2H3. The highest BCUT2D eigenvalue weighted by atomic mass is 16.1. The summed E-state index contributed by atoms with van der Waals surface area (Å²) < 4.78 is 0. The maximum atomic E-state index is 11.5. The molecule has 2 unspecified atom stereocenters. The minimum absolute atomic E-state index is 0.369. The van der Waals surface area contributed by atoms with Crippen LogP contribution in [0.3, 0.4) is 0 Å². The maximum absolute atomic E-state index is 11.5. The molecule has 0 heterocycles.